The maximum absolute atomic E-state index is 13.3. The van der Waals surface area contributed by atoms with E-state index in [1.54, 1.807) is 59.7 Å². The molecule has 3 rings (SSSR count). The molecule has 32 heavy (non-hydrogen) atoms. The van der Waals surface area contributed by atoms with E-state index >= 15 is 0 Å². The molecule has 0 fully saturated rings. The highest BCUT2D eigenvalue weighted by Crippen LogP contribution is 2.17. The summed E-state index contributed by atoms with van der Waals surface area (Å²) < 4.78 is 18.4. The van der Waals surface area contributed by atoms with E-state index < -0.39 is 0 Å². The molecule has 0 N–H and O–H groups in total. The molecule has 168 valence electrons. The largest absolute Gasteiger partial charge is 0.383 e. The molecule has 0 aliphatic carbocycles. The summed E-state index contributed by atoms with van der Waals surface area (Å²) in [5.41, 5.74) is 1.26. The zero-order valence-corrected chi connectivity index (χ0v) is 19.2. The van der Waals surface area contributed by atoms with E-state index in [0.29, 0.717) is 30.3 Å². The molecular weight excluding hydrogens is 451 g/mol. The van der Waals surface area contributed by atoms with Gasteiger partial charge in [-0.1, -0.05) is 29.8 Å². The lowest BCUT2D eigenvalue weighted by molar-refractivity contribution is -0.133. The first-order chi connectivity index (χ1) is 15.5. The third-order valence-electron chi connectivity index (χ3n) is 4.84. The Bertz CT molecular complexity index is 1010. The summed E-state index contributed by atoms with van der Waals surface area (Å²) in [7, 11) is 1.55. The van der Waals surface area contributed by atoms with Crippen molar-refractivity contribution in [3.05, 3.63) is 92.9 Å². The maximum atomic E-state index is 13.3. The average Bonchev–Trinajstić information content (AvgIpc) is 3.30. The summed E-state index contributed by atoms with van der Waals surface area (Å²) in [6, 6.07) is 16.5. The van der Waals surface area contributed by atoms with Gasteiger partial charge in [-0.25, -0.2) is 4.39 Å². The Morgan fingerprint density at radius 1 is 1.00 bits per heavy atom. The predicted molar refractivity (Wildman–Crippen MR) is 124 cm³/mol. The number of thiophene rings is 1. The number of amides is 2. The van der Waals surface area contributed by atoms with Gasteiger partial charge in [0.2, 0.25) is 5.91 Å². The third-order valence-corrected chi connectivity index (χ3v) is 5.95. The third kappa shape index (κ3) is 6.88. The van der Waals surface area contributed by atoms with Gasteiger partial charge in [0.15, 0.2) is 0 Å². The molecule has 2 aromatic carbocycles. The number of methoxy groups -OCH3 is 1. The SMILES string of the molecule is COCCN(CC(=O)N(Cc1ccc(F)cc1)Cc1cccs1)C(=O)c1ccc(Cl)cc1. The van der Waals surface area contributed by atoms with Crippen molar-refractivity contribution >= 4 is 34.8 Å². The van der Waals surface area contributed by atoms with E-state index in [1.807, 2.05) is 17.5 Å². The zero-order valence-electron chi connectivity index (χ0n) is 17.7. The maximum Gasteiger partial charge on any atom is 0.254 e. The fourth-order valence-electron chi connectivity index (χ4n) is 3.13. The van der Waals surface area contributed by atoms with Crippen molar-refractivity contribution in [2.75, 3.05) is 26.8 Å². The van der Waals surface area contributed by atoms with Crippen molar-refractivity contribution in [3.8, 4) is 0 Å². The van der Waals surface area contributed by atoms with E-state index in [4.69, 9.17) is 16.3 Å². The zero-order chi connectivity index (χ0) is 22.9. The Balaban J connectivity index is 1.78. The molecular formula is C24H24ClFN2O3S. The molecule has 0 saturated carbocycles. The number of halogens is 2. The molecule has 0 saturated heterocycles. The molecule has 8 heteroatoms. The monoisotopic (exact) mass is 474 g/mol. The normalized spacial score (nSPS) is 10.7. The standard InChI is InChI=1S/C24H24ClFN2O3S/c1-31-13-12-27(24(30)19-6-8-20(25)9-7-19)17-23(29)28(16-22-3-2-14-32-22)15-18-4-10-21(26)11-5-18/h2-11,14H,12-13,15-17H2,1H3. The van der Waals surface area contributed by atoms with Crippen LogP contribution in [0.1, 0.15) is 20.8 Å². The van der Waals surface area contributed by atoms with Gasteiger partial charge in [-0.15, -0.1) is 11.3 Å². The molecule has 0 unspecified atom stereocenters. The summed E-state index contributed by atoms with van der Waals surface area (Å²) >= 11 is 7.48. The van der Waals surface area contributed by atoms with Crippen molar-refractivity contribution in [1.82, 2.24) is 9.80 Å². The van der Waals surface area contributed by atoms with Crippen molar-refractivity contribution in [2.45, 2.75) is 13.1 Å². The van der Waals surface area contributed by atoms with Gasteiger partial charge in [0.25, 0.3) is 5.91 Å². The first-order valence-corrected chi connectivity index (χ1v) is 11.3. The van der Waals surface area contributed by atoms with Gasteiger partial charge in [0, 0.05) is 35.7 Å². The van der Waals surface area contributed by atoms with Gasteiger partial charge in [-0.3, -0.25) is 9.59 Å². The number of carbonyl (C=O) groups excluding carboxylic acids is 2. The van der Waals surface area contributed by atoms with Crippen LogP contribution in [-0.2, 0) is 22.6 Å². The van der Waals surface area contributed by atoms with E-state index in [0.717, 1.165) is 10.4 Å². The van der Waals surface area contributed by atoms with Gasteiger partial charge < -0.3 is 14.5 Å². The summed E-state index contributed by atoms with van der Waals surface area (Å²) in [6.45, 7) is 1.19. The van der Waals surface area contributed by atoms with E-state index in [2.05, 4.69) is 0 Å². The molecule has 5 nitrogen and oxygen atoms in total. The summed E-state index contributed by atoms with van der Waals surface area (Å²) in [5, 5.41) is 2.48. The van der Waals surface area contributed by atoms with Crippen LogP contribution in [0.3, 0.4) is 0 Å². The molecule has 0 aliphatic heterocycles. The van der Waals surface area contributed by atoms with Gasteiger partial charge >= 0.3 is 0 Å². The van der Waals surface area contributed by atoms with Crippen molar-refractivity contribution in [1.29, 1.82) is 0 Å². The minimum atomic E-state index is -0.329. The fourth-order valence-corrected chi connectivity index (χ4v) is 3.97. The Hall–Kier alpha value is -2.74. The number of ether oxygens (including phenoxy) is 1. The topological polar surface area (TPSA) is 49.9 Å². The van der Waals surface area contributed by atoms with E-state index in [1.165, 1.54) is 17.0 Å². The van der Waals surface area contributed by atoms with Gasteiger partial charge in [0.1, 0.15) is 12.4 Å². The number of rotatable bonds is 10. The minimum absolute atomic E-state index is 0.0998. The average molecular weight is 475 g/mol. The van der Waals surface area contributed by atoms with Crippen molar-refractivity contribution in [2.24, 2.45) is 0 Å². The molecule has 3 aromatic rings. The Morgan fingerprint density at radius 3 is 2.34 bits per heavy atom. The highest BCUT2D eigenvalue weighted by atomic mass is 35.5. The first kappa shape index (κ1) is 23.9. The predicted octanol–water partition coefficient (Wildman–Crippen LogP) is 4.86. The molecule has 0 radical (unpaired) electrons. The lowest BCUT2D eigenvalue weighted by atomic mass is 10.2. The summed E-state index contributed by atoms with van der Waals surface area (Å²) in [4.78, 5) is 30.5. The van der Waals surface area contributed by atoms with Crippen LogP contribution in [0.15, 0.2) is 66.0 Å². The van der Waals surface area contributed by atoms with Crippen molar-refractivity contribution < 1.29 is 18.7 Å². The number of benzene rings is 2. The van der Waals surface area contributed by atoms with Crippen LogP contribution in [0.4, 0.5) is 4.39 Å². The van der Waals surface area contributed by atoms with Crippen LogP contribution < -0.4 is 0 Å². The quantitative estimate of drug-likeness (QED) is 0.421. The van der Waals surface area contributed by atoms with E-state index in [9.17, 15) is 14.0 Å². The highest BCUT2D eigenvalue weighted by molar-refractivity contribution is 7.09. The Kier molecular flexibility index (Phi) is 8.79. The van der Waals surface area contributed by atoms with Crippen LogP contribution in [0, 0.1) is 5.82 Å². The smallest absolute Gasteiger partial charge is 0.254 e. The number of hydrogen-bond acceptors (Lipinski definition) is 4. The van der Waals surface area contributed by atoms with Gasteiger partial charge in [0.05, 0.1) is 13.2 Å². The summed E-state index contributed by atoms with van der Waals surface area (Å²) in [5.74, 6) is -0.810. The second kappa shape index (κ2) is 11.8. The van der Waals surface area contributed by atoms with Crippen LogP contribution in [-0.4, -0.2) is 48.4 Å². The molecule has 0 aliphatic rings. The molecule has 1 heterocycles. The number of carbonyl (C=O) groups is 2. The summed E-state index contributed by atoms with van der Waals surface area (Å²) in [6.07, 6.45) is 0. The number of hydrogen-bond donors (Lipinski definition) is 0. The second-order valence-corrected chi connectivity index (χ2v) is 8.65. The lowest BCUT2D eigenvalue weighted by Crippen LogP contribution is -2.43. The molecule has 0 atom stereocenters. The second-order valence-electron chi connectivity index (χ2n) is 7.18. The van der Waals surface area contributed by atoms with Crippen LogP contribution in [0.25, 0.3) is 0 Å². The highest BCUT2D eigenvalue weighted by Gasteiger charge is 2.23. The molecule has 0 spiro atoms. The lowest BCUT2D eigenvalue weighted by Gasteiger charge is -2.27. The molecule has 2 amide bonds. The molecule has 0 bridgehead atoms. The fraction of sp³-hybridized carbons (Fsp3) is 0.250. The Labute approximate surface area is 196 Å². The first-order valence-electron chi connectivity index (χ1n) is 10.0. The van der Waals surface area contributed by atoms with Crippen LogP contribution in [0.5, 0.6) is 0 Å². The molecule has 1 aromatic heterocycles. The van der Waals surface area contributed by atoms with Gasteiger partial charge in [-0.05, 0) is 53.4 Å². The Morgan fingerprint density at radius 2 is 1.72 bits per heavy atom. The van der Waals surface area contributed by atoms with Crippen molar-refractivity contribution in [3.63, 3.8) is 0 Å². The van der Waals surface area contributed by atoms with Crippen LogP contribution >= 0.6 is 22.9 Å². The minimum Gasteiger partial charge on any atom is -0.383 e. The van der Waals surface area contributed by atoms with Crippen LogP contribution in [0.2, 0.25) is 5.02 Å². The number of nitrogens with zero attached hydrogens (tertiary/aromatic N) is 2. The van der Waals surface area contributed by atoms with Gasteiger partial charge in [-0.2, -0.15) is 0 Å². The van der Waals surface area contributed by atoms with E-state index in [-0.39, 0.29) is 30.7 Å².